The number of ether oxygens (including phenoxy) is 1. The number of carbonyl (C=O) groups excluding carboxylic acids is 1. The van der Waals surface area contributed by atoms with Crippen LogP contribution in [0, 0.1) is 5.92 Å². The van der Waals surface area contributed by atoms with Crippen molar-refractivity contribution in [2.45, 2.75) is 51.1 Å². The van der Waals surface area contributed by atoms with Gasteiger partial charge in [-0.05, 0) is 37.7 Å². The normalized spacial score (nSPS) is 20.8. The molecule has 2 unspecified atom stereocenters. The molecule has 7 heteroatoms. The van der Waals surface area contributed by atoms with Gasteiger partial charge in [-0.2, -0.15) is 0 Å². The van der Waals surface area contributed by atoms with E-state index in [2.05, 4.69) is 10.3 Å². The van der Waals surface area contributed by atoms with Gasteiger partial charge < -0.3 is 15.2 Å². The molecule has 0 radical (unpaired) electrons. The minimum absolute atomic E-state index is 0.00766. The van der Waals surface area contributed by atoms with Crippen LogP contribution >= 0.6 is 0 Å². The lowest BCUT2D eigenvalue weighted by Crippen LogP contribution is -2.28. The Balaban J connectivity index is 1.73. The maximum absolute atomic E-state index is 12.1. The van der Waals surface area contributed by atoms with Crippen LogP contribution in [0.2, 0.25) is 0 Å². The monoisotopic (exact) mass is 342 g/mol. The third kappa shape index (κ3) is 6.03. The number of aliphatic hydroxyl groups excluding tert-OH is 1. The number of nitrogens with zero attached hydrogens (tertiary/aromatic N) is 1. The van der Waals surface area contributed by atoms with Crippen molar-refractivity contribution in [3.05, 3.63) is 23.9 Å². The minimum Gasteiger partial charge on any atom is -0.472 e. The fourth-order valence-electron chi connectivity index (χ4n) is 2.97. The van der Waals surface area contributed by atoms with Gasteiger partial charge in [-0.1, -0.05) is 12.8 Å². The molecule has 1 fully saturated rings. The van der Waals surface area contributed by atoms with Crippen molar-refractivity contribution < 1.29 is 23.4 Å². The highest BCUT2D eigenvalue weighted by molar-refractivity contribution is 5.94. The number of nitrogens with one attached hydrogen (secondary N) is 1. The molecule has 2 atom stereocenters. The second kappa shape index (κ2) is 9.52. The molecule has 1 heterocycles. The molecule has 24 heavy (non-hydrogen) atoms. The summed E-state index contributed by atoms with van der Waals surface area (Å²) in [6.45, 7) is -0.237. The van der Waals surface area contributed by atoms with Gasteiger partial charge in [-0.25, -0.2) is 13.8 Å². The lowest BCUT2D eigenvalue weighted by molar-refractivity contribution is 0.0641. The molecular weight excluding hydrogens is 318 g/mol. The first-order valence-corrected chi connectivity index (χ1v) is 8.39. The van der Waals surface area contributed by atoms with Gasteiger partial charge in [0.05, 0.1) is 6.10 Å². The van der Waals surface area contributed by atoms with Gasteiger partial charge in [-0.3, -0.25) is 4.79 Å². The predicted molar refractivity (Wildman–Crippen MR) is 85.3 cm³/mol. The van der Waals surface area contributed by atoms with E-state index in [0.717, 1.165) is 38.5 Å². The summed E-state index contributed by atoms with van der Waals surface area (Å²) in [5, 5.41) is 12.7. The van der Waals surface area contributed by atoms with Crippen LogP contribution in [0.15, 0.2) is 18.3 Å². The zero-order valence-electron chi connectivity index (χ0n) is 13.6. The second-order valence-corrected chi connectivity index (χ2v) is 6.09. The van der Waals surface area contributed by atoms with E-state index in [0.29, 0.717) is 18.0 Å². The summed E-state index contributed by atoms with van der Waals surface area (Å²) in [4.78, 5) is 15.9. The smallest absolute Gasteiger partial charge is 0.272 e. The molecule has 1 aliphatic carbocycles. The summed E-state index contributed by atoms with van der Waals surface area (Å²) < 4.78 is 29.0. The maximum atomic E-state index is 12.1. The molecule has 5 nitrogen and oxygen atoms in total. The molecule has 1 aromatic rings. The quantitative estimate of drug-likeness (QED) is 0.713. The Morgan fingerprint density at radius 3 is 2.96 bits per heavy atom. The van der Waals surface area contributed by atoms with Crippen molar-refractivity contribution in [2.24, 2.45) is 5.92 Å². The first-order chi connectivity index (χ1) is 11.6. The molecule has 0 saturated heterocycles. The number of amides is 1. The van der Waals surface area contributed by atoms with Crippen LogP contribution in [0.3, 0.4) is 0 Å². The SMILES string of the molecule is O=C(NCCCC1CCCCC1O)c1ccnc(OCC(F)F)c1. The molecule has 0 aromatic carbocycles. The van der Waals surface area contributed by atoms with Crippen molar-refractivity contribution in [1.29, 1.82) is 0 Å². The summed E-state index contributed by atoms with van der Waals surface area (Å²) in [7, 11) is 0. The van der Waals surface area contributed by atoms with Crippen LogP contribution in [0.25, 0.3) is 0 Å². The van der Waals surface area contributed by atoms with Gasteiger partial charge in [0.25, 0.3) is 12.3 Å². The molecule has 134 valence electrons. The molecule has 0 spiro atoms. The van der Waals surface area contributed by atoms with E-state index in [1.54, 1.807) is 0 Å². The Labute approximate surface area is 140 Å². The van der Waals surface area contributed by atoms with Gasteiger partial charge in [0.1, 0.15) is 0 Å². The zero-order chi connectivity index (χ0) is 17.4. The summed E-state index contributed by atoms with van der Waals surface area (Å²) in [5.41, 5.74) is 0.326. The number of halogens is 2. The van der Waals surface area contributed by atoms with Crippen LogP contribution in [-0.2, 0) is 0 Å². The first-order valence-electron chi connectivity index (χ1n) is 8.39. The third-order valence-electron chi connectivity index (χ3n) is 4.26. The first kappa shape index (κ1) is 18.6. The van der Waals surface area contributed by atoms with Gasteiger partial charge >= 0.3 is 0 Å². The standard InChI is InChI=1S/C17H24F2N2O3/c18-15(19)11-24-16-10-13(7-9-20-16)17(23)21-8-3-5-12-4-1-2-6-14(12)22/h7,9-10,12,14-15,22H,1-6,8,11H2,(H,21,23). The van der Waals surface area contributed by atoms with Crippen LogP contribution in [0.1, 0.15) is 48.9 Å². The number of hydrogen-bond donors (Lipinski definition) is 2. The highest BCUT2D eigenvalue weighted by Gasteiger charge is 2.22. The number of aromatic nitrogens is 1. The zero-order valence-corrected chi connectivity index (χ0v) is 13.6. The molecule has 1 amide bonds. The van der Waals surface area contributed by atoms with Crippen molar-refractivity contribution in [3.8, 4) is 5.88 Å². The third-order valence-corrected chi connectivity index (χ3v) is 4.26. The number of alkyl halides is 2. The van der Waals surface area contributed by atoms with Crippen LogP contribution < -0.4 is 10.1 Å². The molecule has 1 aromatic heterocycles. The Kier molecular flexibility index (Phi) is 7.36. The van der Waals surface area contributed by atoms with E-state index in [1.807, 2.05) is 0 Å². The van der Waals surface area contributed by atoms with Crippen molar-refractivity contribution >= 4 is 5.91 Å². The van der Waals surface area contributed by atoms with E-state index in [9.17, 15) is 18.7 Å². The van der Waals surface area contributed by atoms with E-state index in [-0.39, 0.29) is 17.9 Å². The molecule has 2 rings (SSSR count). The van der Waals surface area contributed by atoms with Crippen molar-refractivity contribution in [2.75, 3.05) is 13.2 Å². The number of rotatable bonds is 8. The van der Waals surface area contributed by atoms with E-state index in [1.165, 1.54) is 18.3 Å². The molecular formula is C17H24F2N2O3. The average molecular weight is 342 g/mol. The Bertz CT molecular complexity index is 528. The minimum atomic E-state index is -2.58. The molecule has 1 aliphatic rings. The second-order valence-electron chi connectivity index (χ2n) is 6.09. The molecule has 0 aliphatic heterocycles. The van der Waals surface area contributed by atoms with Crippen molar-refractivity contribution in [3.63, 3.8) is 0 Å². The van der Waals surface area contributed by atoms with Crippen LogP contribution in [0.5, 0.6) is 5.88 Å². The lowest BCUT2D eigenvalue weighted by atomic mass is 9.83. The van der Waals surface area contributed by atoms with Crippen LogP contribution in [0.4, 0.5) is 8.78 Å². The summed E-state index contributed by atoms with van der Waals surface area (Å²) in [6.07, 6.45) is 4.41. The number of carbonyl (C=O) groups is 1. The highest BCUT2D eigenvalue weighted by atomic mass is 19.3. The predicted octanol–water partition coefficient (Wildman–Crippen LogP) is 2.79. The van der Waals surface area contributed by atoms with E-state index < -0.39 is 13.0 Å². The molecule has 0 bridgehead atoms. The number of aliphatic hydroxyl groups is 1. The average Bonchev–Trinajstić information content (AvgIpc) is 2.58. The van der Waals surface area contributed by atoms with Crippen LogP contribution in [-0.4, -0.2) is 41.7 Å². The Morgan fingerprint density at radius 2 is 2.21 bits per heavy atom. The van der Waals surface area contributed by atoms with Gasteiger partial charge in [0, 0.05) is 24.4 Å². The largest absolute Gasteiger partial charge is 0.472 e. The fourth-order valence-corrected chi connectivity index (χ4v) is 2.97. The molecule has 1 saturated carbocycles. The van der Waals surface area contributed by atoms with E-state index >= 15 is 0 Å². The van der Waals surface area contributed by atoms with Gasteiger partial charge in [0.15, 0.2) is 6.61 Å². The topological polar surface area (TPSA) is 71.5 Å². The Morgan fingerprint density at radius 1 is 1.42 bits per heavy atom. The summed E-state index contributed by atoms with van der Waals surface area (Å²) in [5.74, 6) is 0.0442. The fraction of sp³-hybridized carbons (Fsp3) is 0.647. The maximum Gasteiger partial charge on any atom is 0.272 e. The highest BCUT2D eigenvalue weighted by Crippen LogP contribution is 2.27. The summed E-state index contributed by atoms with van der Waals surface area (Å²) >= 11 is 0. The summed E-state index contributed by atoms with van der Waals surface area (Å²) in [6, 6.07) is 2.86. The van der Waals surface area contributed by atoms with Gasteiger partial charge in [0.2, 0.25) is 5.88 Å². The lowest BCUT2D eigenvalue weighted by Gasteiger charge is -2.27. The van der Waals surface area contributed by atoms with Crippen molar-refractivity contribution in [1.82, 2.24) is 10.3 Å². The number of hydrogen-bond acceptors (Lipinski definition) is 4. The molecule has 2 N–H and O–H groups in total. The Hall–Kier alpha value is -1.76. The van der Waals surface area contributed by atoms with E-state index in [4.69, 9.17) is 4.74 Å². The van der Waals surface area contributed by atoms with Gasteiger partial charge in [-0.15, -0.1) is 0 Å². The number of pyridine rings is 1.